The average molecular weight is 376 g/mol. The maximum atomic E-state index is 10.5. The van der Waals surface area contributed by atoms with Crippen molar-refractivity contribution in [3.05, 3.63) is 44.6 Å². The summed E-state index contributed by atoms with van der Waals surface area (Å²) in [5, 5.41) is 14.6. The van der Waals surface area contributed by atoms with Crippen LogP contribution in [0.5, 0.6) is 5.75 Å². The van der Waals surface area contributed by atoms with Crippen LogP contribution in [0.15, 0.2) is 33.3 Å². The lowest BCUT2D eigenvalue weighted by atomic mass is 10.1. The molecule has 0 fully saturated rings. The Balaban J connectivity index is 2.50. The lowest BCUT2D eigenvalue weighted by molar-refractivity contribution is 0.203. The van der Waals surface area contributed by atoms with Crippen molar-refractivity contribution in [1.29, 1.82) is 0 Å². The van der Waals surface area contributed by atoms with Crippen molar-refractivity contribution in [3.8, 4) is 5.75 Å². The first kappa shape index (κ1) is 13.6. The second-order valence-electron chi connectivity index (χ2n) is 3.79. The van der Waals surface area contributed by atoms with Crippen LogP contribution < -0.4 is 4.74 Å². The minimum Gasteiger partial charge on any atom is -0.493 e. The number of aryl methyl sites for hydroxylation is 1. The molecule has 0 bridgehead atoms. The highest BCUT2D eigenvalue weighted by Crippen LogP contribution is 2.34. The molecule has 18 heavy (non-hydrogen) atoms. The van der Waals surface area contributed by atoms with Crippen LogP contribution in [-0.4, -0.2) is 22.0 Å². The summed E-state index contributed by atoms with van der Waals surface area (Å²) in [7, 11) is 3.33. The van der Waals surface area contributed by atoms with Crippen molar-refractivity contribution in [2.24, 2.45) is 7.05 Å². The number of aliphatic hydroxyl groups is 1. The predicted octanol–water partition coefficient (Wildman–Crippen LogP) is 3.04. The Hall–Kier alpha value is -0.850. The van der Waals surface area contributed by atoms with Gasteiger partial charge < -0.3 is 9.84 Å². The van der Waals surface area contributed by atoms with E-state index in [2.05, 4.69) is 37.0 Å². The quantitative estimate of drug-likeness (QED) is 0.896. The van der Waals surface area contributed by atoms with Crippen LogP contribution in [0.2, 0.25) is 0 Å². The third kappa shape index (κ3) is 2.46. The first-order chi connectivity index (χ1) is 8.54. The van der Waals surface area contributed by atoms with Gasteiger partial charge in [0.05, 0.1) is 13.3 Å². The van der Waals surface area contributed by atoms with Crippen molar-refractivity contribution >= 4 is 31.9 Å². The molecule has 0 amide bonds. The number of hydrogen-bond donors (Lipinski definition) is 1. The molecule has 1 N–H and O–H groups in total. The van der Waals surface area contributed by atoms with Gasteiger partial charge in [-0.05, 0) is 18.2 Å². The maximum absolute atomic E-state index is 10.5. The summed E-state index contributed by atoms with van der Waals surface area (Å²) < 4.78 is 8.55. The number of nitrogens with zero attached hydrogens (tertiary/aromatic N) is 2. The molecule has 0 saturated heterocycles. The molecule has 0 aliphatic rings. The van der Waals surface area contributed by atoms with Crippen LogP contribution in [0.25, 0.3) is 0 Å². The Morgan fingerprint density at radius 2 is 2.11 bits per heavy atom. The van der Waals surface area contributed by atoms with Gasteiger partial charge in [-0.25, -0.2) is 0 Å². The van der Waals surface area contributed by atoms with Crippen molar-refractivity contribution in [1.82, 2.24) is 9.78 Å². The van der Waals surface area contributed by atoms with E-state index in [4.69, 9.17) is 4.74 Å². The molecule has 1 heterocycles. The first-order valence-corrected chi connectivity index (χ1v) is 6.82. The van der Waals surface area contributed by atoms with Crippen molar-refractivity contribution in [3.63, 3.8) is 0 Å². The van der Waals surface area contributed by atoms with E-state index in [-0.39, 0.29) is 0 Å². The first-order valence-electron chi connectivity index (χ1n) is 5.23. The summed E-state index contributed by atoms with van der Waals surface area (Å²) >= 11 is 6.83. The van der Waals surface area contributed by atoms with Crippen LogP contribution in [0.1, 0.15) is 17.4 Å². The van der Waals surface area contributed by atoms with Crippen molar-refractivity contribution in [2.45, 2.75) is 6.10 Å². The second kappa shape index (κ2) is 5.42. The van der Waals surface area contributed by atoms with Gasteiger partial charge >= 0.3 is 0 Å². The van der Waals surface area contributed by atoms with Gasteiger partial charge in [-0.15, -0.1) is 0 Å². The Morgan fingerprint density at radius 1 is 1.39 bits per heavy atom. The number of halogens is 2. The fourth-order valence-electron chi connectivity index (χ4n) is 1.77. The summed E-state index contributed by atoms with van der Waals surface area (Å²) in [6, 6.07) is 5.65. The van der Waals surface area contributed by atoms with Crippen molar-refractivity contribution in [2.75, 3.05) is 7.11 Å². The zero-order valence-electron chi connectivity index (χ0n) is 9.89. The number of benzene rings is 1. The predicted molar refractivity (Wildman–Crippen MR) is 75.7 cm³/mol. The molecule has 2 aromatic rings. The van der Waals surface area contributed by atoms with Gasteiger partial charge in [-0.2, -0.15) is 5.10 Å². The number of hydrogen-bond acceptors (Lipinski definition) is 3. The van der Waals surface area contributed by atoms with E-state index < -0.39 is 6.10 Å². The Bertz CT molecular complexity index is 569. The molecule has 0 spiro atoms. The van der Waals surface area contributed by atoms with E-state index in [9.17, 15) is 5.11 Å². The fourth-order valence-corrected chi connectivity index (χ4v) is 2.61. The summed E-state index contributed by atoms with van der Waals surface area (Å²) in [4.78, 5) is 0. The monoisotopic (exact) mass is 374 g/mol. The van der Waals surface area contributed by atoms with Gasteiger partial charge in [0.2, 0.25) is 0 Å². The van der Waals surface area contributed by atoms with Gasteiger partial charge in [0.1, 0.15) is 11.8 Å². The molecule has 1 unspecified atom stereocenters. The van der Waals surface area contributed by atoms with Crippen LogP contribution in [0, 0.1) is 0 Å². The van der Waals surface area contributed by atoms with E-state index in [0.29, 0.717) is 11.4 Å². The smallest absolute Gasteiger partial charge is 0.162 e. The highest BCUT2D eigenvalue weighted by Gasteiger charge is 2.22. The fraction of sp³-hybridized carbons (Fsp3) is 0.250. The van der Waals surface area contributed by atoms with Crippen LogP contribution >= 0.6 is 31.9 Å². The molecule has 2 rings (SSSR count). The lowest BCUT2D eigenvalue weighted by Crippen LogP contribution is -2.08. The summed E-state index contributed by atoms with van der Waals surface area (Å²) in [5.41, 5.74) is 1.38. The number of methoxy groups -OCH3 is 1. The molecule has 0 saturated carbocycles. The highest BCUT2D eigenvalue weighted by molar-refractivity contribution is 9.11. The zero-order valence-corrected chi connectivity index (χ0v) is 13.1. The largest absolute Gasteiger partial charge is 0.493 e. The van der Waals surface area contributed by atoms with Gasteiger partial charge in [-0.1, -0.05) is 31.9 Å². The van der Waals surface area contributed by atoms with Gasteiger partial charge in [0, 0.05) is 21.6 Å². The van der Waals surface area contributed by atoms with Crippen LogP contribution in [0.3, 0.4) is 0 Å². The SMILES string of the molecule is COc1cnn(C)c1C(O)c1cc(Br)ccc1Br. The molecule has 4 nitrogen and oxygen atoms in total. The minimum absolute atomic E-state index is 0.567. The van der Waals surface area contributed by atoms with Crippen LogP contribution in [0.4, 0.5) is 0 Å². The van der Waals surface area contributed by atoms with E-state index in [1.54, 1.807) is 25.0 Å². The highest BCUT2D eigenvalue weighted by atomic mass is 79.9. The number of aromatic nitrogens is 2. The number of ether oxygens (including phenoxy) is 1. The molecule has 1 aromatic heterocycles. The zero-order chi connectivity index (χ0) is 13.3. The standard InChI is InChI=1S/C12H12Br2N2O2/c1-16-11(10(18-2)6-15-16)12(17)8-5-7(13)3-4-9(8)14/h3-6,12,17H,1-2H3. The molecule has 0 aliphatic carbocycles. The topological polar surface area (TPSA) is 47.3 Å². The van der Waals surface area contributed by atoms with E-state index in [0.717, 1.165) is 14.5 Å². The van der Waals surface area contributed by atoms with E-state index in [1.807, 2.05) is 18.2 Å². The Labute approximate surface area is 122 Å². The third-order valence-electron chi connectivity index (χ3n) is 2.68. The number of aliphatic hydroxyl groups excluding tert-OH is 1. The third-order valence-corrected chi connectivity index (χ3v) is 3.90. The molecule has 1 atom stereocenters. The Kier molecular flexibility index (Phi) is 4.09. The average Bonchev–Trinajstić information content (AvgIpc) is 2.72. The molecule has 0 radical (unpaired) electrons. The molecule has 6 heteroatoms. The summed E-state index contributed by atoms with van der Waals surface area (Å²) in [6.45, 7) is 0. The number of rotatable bonds is 3. The molecule has 0 aliphatic heterocycles. The maximum Gasteiger partial charge on any atom is 0.162 e. The summed E-state index contributed by atoms with van der Waals surface area (Å²) in [6.07, 6.45) is 0.782. The molecule has 1 aromatic carbocycles. The lowest BCUT2D eigenvalue weighted by Gasteiger charge is -2.15. The van der Waals surface area contributed by atoms with Gasteiger partial charge in [-0.3, -0.25) is 4.68 Å². The van der Waals surface area contributed by atoms with E-state index in [1.165, 1.54) is 0 Å². The van der Waals surface area contributed by atoms with Crippen LogP contribution in [-0.2, 0) is 7.05 Å². The molecule has 96 valence electrons. The van der Waals surface area contributed by atoms with E-state index >= 15 is 0 Å². The summed E-state index contributed by atoms with van der Waals surface area (Å²) in [5.74, 6) is 0.567. The van der Waals surface area contributed by atoms with Crippen molar-refractivity contribution < 1.29 is 9.84 Å². The minimum atomic E-state index is -0.806. The second-order valence-corrected chi connectivity index (χ2v) is 5.56. The molecular formula is C12H12Br2N2O2. The van der Waals surface area contributed by atoms with Gasteiger partial charge in [0.25, 0.3) is 0 Å². The molecular weight excluding hydrogens is 364 g/mol. The Morgan fingerprint density at radius 3 is 2.78 bits per heavy atom. The normalized spacial score (nSPS) is 12.5. The van der Waals surface area contributed by atoms with Gasteiger partial charge in [0.15, 0.2) is 5.75 Å².